The average molecular weight is 185 g/mol. The normalized spacial score (nSPS) is 15.0. The zero-order valence-electron chi connectivity index (χ0n) is 6.23. The molecular formula is C9H6ClFO. The van der Waals surface area contributed by atoms with Crippen LogP contribution in [0.3, 0.4) is 0 Å². The Balaban J connectivity index is 2.71. The number of halogens is 2. The molecule has 1 aliphatic carbocycles. The van der Waals surface area contributed by atoms with Crippen molar-refractivity contribution < 1.29 is 9.18 Å². The molecule has 0 unspecified atom stereocenters. The molecule has 1 aromatic rings. The van der Waals surface area contributed by atoms with Gasteiger partial charge in [0.05, 0.1) is 5.02 Å². The highest BCUT2D eigenvalue weighted by Gasteiger charge is 2.23. The fraction of sp³-hybridized carbons (Fsp3) is 0.222. The van der Waals surface area contributed by atoms with Crippen LogP contribution in [0.2, 0.25) is 5.02 Å². The van der Waals surface area contributed by atoms with Crippen LogP contribution in [0.15, 0.2) is 12.1 Å². The zero-order valence-corrected chi connectivity index (χ0v) is 6.99. The number of Topliss-reactive ketones (excluding diaryl/α,β-unsaturated/α-hetero) is 1. The quantitative estimate of drug-likeness (QED) is 0.606. The average Bonchev–Trinajstić information content (AvgIpc) is 2.41. The predicted octanol–water partition coefficient (Wildman–Crippen LogP) is 2.61. The van der Waals surface area contributed by atoms with E-state index < -0.39 is 5.82 Å². The number of ketones is 1. The van der Waals surface area contributed by atoms with Crippen LogP contribution in [0.25, 0.3) is 0 Å². The largest absolute Gasteiger partial charge is 0.294 e. The minimum Gasteiger partial charge on any atom is -0.294 e. The van der Waals surface area contributed by atoms with Crippen LogP contribution in [0.1, 0.15) is 22.3 Å². The van der Waals surface area contributed by atoms with E-state index in [2.05, 4.69) is 0 Å². The molecule has 2 rings (SSSR count). The highest BCUT2D eigenvalue weighted by molar-refractivity contribution is 6.34. The molecule has 12 heavy (non-hydrogen) atoms. The second-order valence-electron chi connectivity index (χ2n) is 2.82. The van der Waals surface area contributed by atoms with Crippen molar-refractivity contribution in [2.75, 3.05) is 0 Å². The topological polar surface area (TPSA) is 17.1 Å². The molecule has 1 aromatic carbocycles. The Morgan fingerprint density at radius 2 is 2.08 bits per heavy atom. The third kappa shape index (κ3) is 0.950. The highest BCUT2D eigenvalue weighted by atomic mass is 35.5. The number of rotatable bonds is 0. The molecule has 0 radical (unpaired) electrons. The Morgan fingerprint density at radius 3 is 2.83 bits per heavy atom. The molecule has 0 aliphatic heterocycles. The summed E-state index contributed by atoms with van der Waals surface area (Å²) in [6.45, 7) is 0. The number of carbonyl (C=O) groups excluding carboxylic acids is 1. The van der Waals surface area contributed by atoms with E-state index in [1.807, 2.05) is 0 Å². The Bertz CT molecular complexity index is 360. The summed E-state index contributed by atoms with van der Waals surface area (Å²) < 4.78 is 12.9. The second-order valence-corrected chi connectivity index (χ2v) is 3.20. The molecule has 0 amide bonds. The Hall–Kier alpha value is -0.890. The van der Waals surface area contributed by atoms with Crippen molar-refractivity contribution in [1.29, 1.82) is 0 Å². The maximum absolute atomic E-state index is 12.9. The molecule has 0 heterocycles. The van der Waals surface area contributed by atoms with E-state index in [1.54, 1.807) is 6.07 Å². The van der Waals surface area contributed by atoms with Gasteiger partial charge in [0.15, 0.2) is 5.78 Å². The van der Waals surface area contributed by atoms with Crippen LogP contribution >= 0.6 is 11.6 Å². The van der Waals surface area contributed by atoms with Crippen LogP contribution in [-0.2, 0) is 6.42 Å². The number of benzene rings is 1. The predicted molar refractivity (Wildman–Crippen MR) is 44.1 cm³/mol. The van der Waals surface area contributed by atoms with Crippen molar-refractivity contribution in [3.8, 4) is 0 Å². The Kier molecular flexibility index (Phi) is 1.65. The summed E-state index contributed by atoms with van der Waals surface area (Å²) in [5.41, 5.74) is 1.25. The van der Waals surface area contributed by atoms with Gasteiger partial charge < -0.3 is 0 Å². The van der Waals surface area contributed by atoms with E-state index in [9.17, 15) is 9.18 Å². The van der Waals surface area contributed by atoms with Crippen LogP contribution in [0, 0.1) is 5.82 Å². The summed E-state index contributed by atoms with van der Waals surface area (Å²) in [7, 11) is 0. The first-order valence-electron chi connectivity index (χ1n) is 3.70. The number of hydrogen-bond donors (Lipinski definition) is 0. The van der Waals surface area contributed by atoms with Gasteiger partial charge in [-0.2, -0.15) is 0 Å². The third-order valence-corrected chi connectivity index (χ3v) is 2.45. The molecule has 0 spiro atoms. The molecule has 3 heteroatoms. The summed E-state index contributed by atoms with van der Waals surface area (Å²) in [6, 6.07) is 2.93. The summed E-state index contributed by atoms with van der Waals surface area (Å²) in [5.74, 6) is -0.555. The lowest BCUT2D eigenvalue weighted by Gasteiger charge is -2.00. The van der Waals surface area contributed by atoms with Crippen molar-refractivity contribution >= 4 is 17.4 Å². The van der Waals surface area contributed by atoms with Gasteiger partial charge in [-0.1, -0.05) is 17.7 Å². The van der Waals surface area contributed by atoms with Gasteiger partial charge in [0, 0.05) is 12.0 Å². The zero-order chi connectivity index (χ0) is 8.72. The van der Waals surface area contributed by atoms with Crippen molar-refractivity contribution in [2.24, 2.45) is 0 Å². The smallest absolute Gasteiger partial charge is 0.165 e. The lowest BCUT2D eigenvalue weighted by atomic mass is 10.1. The van der Waals surface area contributed by atoms with Crippen molar-refractivity contribution in [2.45, 2.75) is 12.8 Å². The number of carbonyl (C=O) groups is 1. The molecule has 0 fully saturated rings. The fourth-order valence-electron chi connectivity index (χ4n) is 1.47. The summed E-state index contributed by atoms with van der Waals surface area (Å²) in [5, 5.41) is -0.0185. The molecule has 0 bridgehead atoms. The van der Waals surface area contributed by atoms with Gasteiger partial charge in [0.2, 0.25) is 0 Å². The molecule has 0 aromatic heterocycles. The van der Waals surface area contributed by atoms with Crippen molar-refractivity contribution in [1.82, 2.24) is 0 Å². The van der Waals surface area contributed by atoms with Crippen molar-refractivity contribution in [3.63, 3.8) is 0 Å². The SMILES string of the molecule is O=C1CCc2ccc(F)c(Cl)c21. The molecule has 0 N–H and O–H groups in total. The number of aryl methyl sites for hydroxylation is 1. The first kappa shape index (κ1) is 7.74. The van der Waals surface area contributed by atoms with Crippen LogP contribution in [0.5, 0.6) is 0 Å². The number of hydrogen-bond acceptors (Lipinski definition) is 1. The van der Waals surface area contributed by atoms with Crippen molar-refractivity contribution in [3.05, 3.63) is 34.1 Å². The fourth-order valence-corrected chi connectivity index (χ4v) is 1.76. The first-order valence-corrected chi connectivity index (χ1v) is 4.08. The standard InChI is InChI=1S/C9H6ClFO/c10-9-6(11)3-1-5-2-4-7(12)8(5)9/h1,3H,2,4H2. The molecule has 1 nitrogen and oxygen atoms in total. The molecule has 1 aliphatic rings. The minimum atomic E-state index is -0.509. The van der Waals surface area contributed by atoms with E-state index in [4.69, 9.17) is 11.6 Å². The van der Waals surface area contributed by atoms with Crippen LogP contribution in [0.4, 0.5) is 4.39 Å². The highest BCUT2D eigenvalue weighted by Crippen LogP contribution is 2.30. The molecule has 0 saturated heterocycles. The van der Waals surface area contributed by atoms with Gasteiger partial charge >= 0.3 is 0 Å². The van der Waals surface area contributed by atoms with Gasteiger partial charge in [-0.15, -0.1) is 0 Å². The summed E-state index contributed by atoms with van der Waals surface area (Å²) >= 11 is 5.64. The van der Waals surface area contributed by atoms with Crippen LogP contribution < -0.4 is 0 Å². The number of fused-ring (bicyclic) bond motifs is 1. The second kappa shape index (κ2) is 2.56. The van der Waals surface area contributed by atoms with Gasteiger partial charge in [-0.3, -0.25) is 4.79 Å². The molecule has 0 atom stereocenters. The summed E-state index contributed by atoms with van der Waals surface area (Å²) in [6.07, 6.45) is 1.15. The monoisotopic (exact) mass is 184 g/mol. The summed E-state index contributed by atoms with van der Waals surface area (Å²) in [4.78, 5) is 11.2. The molecule has 62 valence electrons. The molecule has 0 saturated carbocycles. The van der Waals surface area contributed by atoms with E-state index >= 15 is 0 Å². The van der Waals surface area contributed by atoms with E-state index in [-0.39, 0.29) is 10.8 Å². The van der Waals surface area contributed by atoms with Gasteiger partial charge in [0.1, 0.15) is 5.82 Å². The molecular weight excluding hydrogens is 179 g/mol. The van der Waals surface area contributed by atoms with Gasteiger partial charge in [-0.25, -0.2) is 4.39 Å². The lowest BCUT2D eigenvalue weighted by molar-refractivity contribution is 0.0994. The maximum Gasteiger partial charge on any atom is 0.165 e. The van der Waals surface area contributed by atoms with Gasteiger partial charge in [-0.05, 0) is 18.1 Å². The first-order chi connectivity index (χ1) is 5.70. The lowest BCUT2D eigenvalue weighted by Crippen LogP contribution is -1.94. The Labute approximate surface area is 74.2 Å². The third-order valence-electron chi connectivity index (χ3n) is 2.08. The maximum atomic E-state index is 12.9. The van der Waals surface area contributed by atoms with Gasteiger partial charge in [0.25, 0.3) is 0 Å². The Morgan fingerprint density at radius 1 is 1.33 bits per heavy atom. The minimum absolute atomic E-state index is 0.0185. The van der Waals surface area contributed by atoms with Crippen LogP contribution in [-0.4, -0.2) is 5.78 Å². The van der Waals surface area contributed by atoms with E-state index in [0.717, 1.165) is 5.56 Å². The van der Waals surface area contributed by atoms with E-state index in [1.165, 1.54) is 6.07 Å². The van der Waals surface area contributed by atoms with E-state index in [0.29, 0.717) is 18.4 Å².